The molecule has 0 amide bonds. The summed E-state index contributed by atoms with van der Waals surface area (Å²) in [6.45, 7) is 6.62. The minimum atomic E-state index is -0.636. The molecule has 152 valence electrons. The Hall–Kier alpha value is -1.61. The summed E-state index contributed by atoms with van der Waals surface area (Å²) < 4.78 is 0. The van der Waals surface area contributed by atoms with Crippen LogP contribution in [-0.2, 0) is 0 Å². The van der Waals surface area contributed by atoms with Crippen LogP contribution in [0.5, 0.6) is 0 Å². The fourth-order valence-corrected chi connectivity index (χ4v) is 3.15. The van der Waals surface area contributed by atoms with Gasteiger partial charge in [-0.2, -0.15) is 0 Å². The first kappa shape index (κ1) is 23.4. The Morgan fingerprint density at radius 1 is 1.00 bits per heavy atom. The van der Waals surface area contributed by atoms with Gasteiger partial charge >= 0.3 is 0 Å². The summed E-state index contributed by atoms with van der Waals surface area (Å²) in [5.41, 5.74) is 0. The van der Waals surface area contributed by atoms with Crippen LogP contribution in [0.3, 0.4) is 0 Å². The van der Waals surface area contributed by atoms with Crippen molar-refractivity contribution < 1.29 is 5.11 Å². The molecule has 1 aliphatic heterocycles. The summed E-state index contributed by atoms with van der Waals surface area (Å²) in [6.07, 6.45) is 27.8. The SMILES string of the molecule is C=CC(O)C1=NC(CCCCCCCC/C=C\C/C=C\C/C=C\CC)CN1. The van der Waals surface area contributed by atoms with Gasteiger partial charge in [-0.05, 0) is 38.5 Å². The van der Waals surface area contributed by atoms with Crippen LogP contribution in [0.25, 0.3) is 0 Å². The Morgan fingerprint density at radius 3 is 2.33 bits per heavy atom. The number of unbranched alkanes of at least 4 members (excludes halogenated alkanes) is 6. The van der Waals surface area contributed by atoms with E-state index in [1.807, 2.05) is 0 Å². The highest BCUT2D eigenvalue weighted by Crippen LogP contribution is 2.13. The average Bonchev–Trinajstić information content (AvgIpc) is 3.16. The molecular weight excluding hydrogens is 332 g/mol. The summed E-state index contributed by atoms with van der Waals surface area (Å²) in [7, 11) is 0. The first-order chi connectivity index (χ1) is 13.3. The van der Waals surface area contributed by atoms with E-state index in [2.05, 4.69) is 60.3 Å². The standard InChI is InChI=1S/C24H40N2O/c1-3-5-6-7-8-9-10-11-12-13-14-15-16-17-18-19-20-22-21-25-24(26-22)23(27)4-2/h4-6,8-9,11-12,22-23,27H,2-3,7,10,13-21H2,1H3,(H,25,26)/b6-5-,9-8-,12-11-. The van der Waals surface area contributed by atoms with Gasteiger partial charge in [-0.1, -0.05) is 81.6 Å². The number of allylic oxidation sites excluding steroid dienone is 6. The number of hydrogen-bond acceptors (Lipinski definition) is 3. The molecule has 1 heterocycles. The van der Waals surface area contributed by atoms with Crippen LogP contribution in [-0.4, -0.2) is 29.6 Å². The molecule has 0 saturated carbocycles. The van der Waals surface area contributed by atoms with Gasteiger partial charge in [0.1, 0.15) is 11.9 Å². The van der Waals surface area contributed by atoms with Crippen molar-refractivity contribution in [2.24, 2.45) is 4.99 Å². The average molecular weight is 373 g/mol. The van der Waals surface area contributed by atoms with Crippen molar-refractivity contribution in [1.82, 2.24) is 5.32 Å². The Kier molecular flexibility index (Phi) is 14.4. The van der Waals surface area contributed by atoms with E-state index in [0.29, 0.717) is 11.9 Å². The van der Waals surface area contributed by atoms with E-state index in [4.69, 9.17) is 0 Å². The predicted octanol–water partition coefficient (Wildman–Crippen LogP) is 5.88. The third kappa shape index (κ3) is 12.4. The Labute approximate surface area is 167 Å². The van der Waals surface area contributed by atoms with Crippen LogP contribution >= 0.6 is 0 Å². The molecule has 0 bridgehead atoms. The van der Waals surface area contributed by atoms with E-state index in [1.54, 1.807) is 0 Å². The maximum absolute atomic E-state index is 9.67. The topological polar surface area (TPSA) is 44.6 Å². The zero-order valence-electron chi connectivity index (χ0n) is 17.3. The van der Waals surface area contributed by atoms with Gasteiger partial charge in [-0.15, -0.1) is 6.58 Å². The van der Waals surface area contributed by atoms with Crippen LogP contribution in [0.4, 0.5) is 0 Å². The van der Waals surface area contributed by atoms with Crippen LogP contribution in [0.15, 0.2) is 54.1 Å². The van der Waals surface area contributed by atoms with Crippen LogP contribution in [0.2, 0.25) is 0 Å². The quantitative estimate of drug-likeness (QED) is 0.262. The molecule has 0 radical (unpaired) electrons. The monoisotopic (exact) mass is 372 g/mol. The zero-order valence-corrected chi connectivity index (χ0v) is 17.3. The molecule has 3 heteroatoms. The number of amidine groups is 1. The second-order valence-electron chi connectivity index (χ2n) is 7.22. The Morgan fingerprint density at radius 2 is 1.63 bits per heavy atom. The third-order valence-corrected chi connectivity index (χ3v) is 4.78. The van der Waals surface area contributed by atoms with E-state index in [9.17, 15) is 5.11 Å². The molecule has 2 N–H and O–H groups in total. The van der Waals surface area contributed by atoms with Crippen molar-refractivity contribution in [3.63, 3.8) is 0 Å². The van der Waals surface area contributed by atoms with Gasteiger partial charge in [0.05, 0.1) is 6.04 Å². The number of nitrogens with zero attached hydrogens (tertiary/aromatic N) is 1. The molecule has 0 fully saturated rings. The second kappa shape index (κ2) is 16.6. The minimum Gasteiger partial charge on any atom is -0.381 e. The third-order valence-electron chi connectivity index (χ3n) is 4.78. The number of aliphatic imine (C=N–C) groups is 1. The van der Waals surface area contributed by atoms with Crippen molar-refractivity contribution in [1.29, 1.82) is 0 Å². The maximum atomic E-state index is 9.67. The number of hydrogen-bond donors (Lipinski definition) is 2. The Balaban J connectivity index is 1.88. The number of aliphatic hydroxyl groups excluding tert-OH is 1. The second-order valence-corrected chi connectivity index (χ2v) is 7.22. The van der Waals surface area contributed by atoms with E-state index in [1.165, 1.54) is 51.0 Å². The van der Waals surface area contributed by atoms with E-state index < -0.39 is 6.10 Å². The Bertz CT molecular complexity index is 491. The number of aliphatic hydroxyl groups is 1. The summed E-state index contributed by atoms with van der Waals surface area (Å²) in [6, 6.07) is 0.330. The summed E-state index contributed by atoms with van der Waals surface area (Å²) in [5, 5.41) is 12.8. The minimum absolute atomic E-state index is 0.330. The van der Waals surface area contributed by atoms with Crippen molar-refractivity contribution in [2.45, 2.75) is 89.7 Å². The molecule has 27 heavy (non-hydrogen) atoms. The smallest absolute Gasteiger partial charge is 0.130 e. The zero-order chi connectivity index (χ0) is 19.6. The molecule has 0 aromatic rings. The van der Waals surface area contributed by atoms with Crippen LogP contribution < -0.4 is 5.32 Å². The van der Waals surface area contributed by atoms with E-state index in [-0.39, 0.29) is 0 Å². The van der Waals surface area contributed by atoms with Gasteiger partial charge in [-0.25, -0.2) is 0 Å². The van der Waals surface area contributed by atoms with Crippen LogP contribution in [0.1, 0.15) is 77.6 Å². The lowest BCUT2D eigenvalue weighted by Crippen LogP contribution is -2.30. The lowest BCUT2D eigenvalue weighted by atomic mass is 10.1. The van der Waals surface area contributed by atoms with Gasteiger partial charge in [0.15, 0.2) is 0 Å². The van der Waals surface area contributed by atoms with Crippen molar-refractivity contribution in [2.75, 3.05) is 6.54 Å². The molecule has 0 saturated heterocycles. The van der Waals surface area contributed by atoms with Gasteiger partial charge in [0.2, 0.25) is 0 Å². The van der Waals surface area contributed by atoms with Crippen LogP contribution in [0, 0.1) is 0 Å². The molecule has 1 rings (SSSR count). The van der Waals surface area contributed by atoms with Gasteiger partial charge in [0.25, 0.3) is 0 Å². The number of rotatable bonds is 16. The van der Waals surface area contributed by atoms with Gasteiger partial charge < -0.3 is 10.4 Å². The highest BCUT2D eigenvalue weighted by Gasteiger charge is 2.19. The van der Waals surface area contributed by atoms with Gasteiger partial charge in [0, 0.05) is 6.54 Å². The lowest BCUT2D eigenvalue weighted by Gasteiger charge is -2.05. The first-order valence-corrected chi connectivity index (χ1v) is 10.8. The summed E-state index contributed by atoms with van der Waals surface area (Å²) in [5.74, 6) is 0.687. The lowest BCUT2D eigenvalue weighted by molar-refractivity contribution is 0.286. The molecule has 0 aliphatic carbocycles. The van der Waals surface area contributed by atoms with Crippen molar-refractivity contribution in [3.05, 3.63) is 49.1 Å². The largest absolute Gasteiger partial charge is 0.381 e. The first-order valence-electron chi connectivity index (χ1n) is 10.8. The molecule has 3 nitrogen and oxygen atoms in total. The van der Waals surface area contributed by atoms with Gasteiger partial charge in [-0.3, -0.25) is 4.99 Å². The van der Waals surface area contributed by atoms with Crippen molar-refractivity contribution >= 4 is 5.84 Å². The summed E-state index contributed by atoms with van der Waals surface area (Å²) >= 11 is 0. The normalized spacial score (nSPS) is 18.4. The molecule has 0 aromatic carbocycles. The fourth-order valence-electron chi connectivity index (χ4n) is 3.15. The van der Waals surface area contributed by atoms with E-state index in [0.717, 1.165) is 32.2 Å². The maximum Gasteiger partial charge on any atom is 0.130 e. The summed E-state index contributed by atoms with van der Waals surface area (Å²) in [4.78, 5) is 4.53. The molecule has 2 atom stereocenters. The fraction of sp³-hybridized carbons (Fsp3) is 0.625. The molecule has 1 aliphatic rings. The highest BCUT2D eigenvalue weighted by molar-refractivity contribution is 5.89. The molecule has 0 spiro atoms. The highest BCUT2D eigenvalue weighted by atomic mass is 16.3. The predicted molar refractivity (Wildman–Crippen MR) is 119 cm³/mol. The molecule has 0 aromatic heterocycles. The molecule has 2 unspecified atom stereocenters. The van der Waals surface area contributed by atoms with E-state index >= 15 is 0 Å². The number of nitrogens with one attached hydrogen (secondary N) is 1. The van der Waals surface area contributed by atoms with Crippen molar-refractivity contribution in [3.8, 4) is 0 Å². The molecular formula is C24H40N2O.